The molecule has 0 radical (unpaired) electrons. The second kappa shape index (κ2) is 7.90. The third-order valence-corrected chi connectivity index (χ3v) is 2.59. The topological polar surface area (TPSA) is 57.2 Å². The summed E-state index contributed by atoms with van der Waals surface area (Å²) in [7, 11) is 0. The Labute approximate surface area is 103 Å². The van der Waals surface area contributed by atoms with Gasteiger partial charge in [0.05, 0.1) is 0 Å². The molecule has 0 aliphatic rings. The Hall–Kier alpha value is -1.29. The van der Waals surface area contributed by atoms with Gasteiger partial charge in [0.15, 0.2) is 0 Å². The van der Waals surface area contributed by atoms with Crippen LogP contribution in [0.25, 0.3) is 0 Å². The first kappa shape index (κ1) is 13.8. The van der Waals surface area contributed by atoms with Crippen molar-refractivity contribution in [1.29, 1.82) is 0 Å². The standard InChI is InChI=1S/C13H23N3O/c1-3-6-14-13-9-12(4-7-15-13)16-10-11(2)5-8-17/h4,7,9,11,17H,3,5-6,8,10H2,1-2H3,(H2,14,15,16). The van der Waals surface area contributed by atoms with E-state index < -0.39 is 0 Å². The average Bonchev–Trinajstić information content (AvgIpc) is 2.35. The molecule has 1 heterocycles. The quantitative estimate of drug-likeness (QED) is 0.649. The van der Waals surface area contributed by atoms with Gasteiger partial charge in [-0.25, -0.2) is 4.98 Å². The highest BCUT2D eigenvalue weighted by Crippen LogP contribution is 2.13. The fraction of sp³-hybridized carbons (Fsp3) is 0.615. The van der Waals surface area contributed by atoms with Crippen LogP contribution in [0.5, 0.6) is 0 Å². The molecule has 0 aliphatic carbocycles. The lowest BCUT2D eigenvalue weighted by atomic mass is 10.1. The van der Waals surface area contributed by atoms with E-state index in [1.807, 2.05) is 12.1 Å². The molecule has 1 atom stereocenters. The van der Waals surface area contributed by atoms with Gasteiger partial charge < -0.3 is 15.7 Å². The van der Waals surface area contributed by atoms with Crippen LogP contribution in [0.4, 0.5) is 11.5 Å². The van der Waals surface area contributed by atoms with E-state index >= 15 is 0 Å². The van der Waals surface area contributed by atoms with Gasteiger partial charge >= 0.3 is 0 Å². The molecule has 1 unspecified atom stereocenters. The fourth-order valence-electron chi connectivity index (χ4n) is 1.50. The van der Waals surface area contributed by atoms with Gasteiger partial charge in [0, 0.05) is 37.6 Å². The first-order valence-electron chi connectivity index (χ1n) is 6.31. The molecule has 3 N–H and O–H groups in total. The van der Waals surface area contributed by atoms with Gasteiger partial charge in [-0.3, -0.25) is 0 Å². The number of nitrogens with zero attached hydrogens (tertiary/aromatic N) is 1. The zero-order chi connectivity index (χ0) is 12.5. The third kappa shape index (κ3) is 5.54. The van der Waals surface area contributed by atoms with Crippen LogP contribution in [0.2, 0.25) is 0 Å². The normalized spacial score (nSPS) is 12.2. The predicted octanol–water partition coefficient (Wildman–Crippen LogP) is 2.33. The molecule has 0 saturated carbocycles. The molecular weight excluding hydrogens is 214 g/mol. The first-order valence-corrected chi connectivity index (χ1v) is 6.31. The molecule has 0 spiro atoms. The third-order valence-electron chi connectivity index (χ3n) is 2.59. The minimum atomic E-state index is 0.252. The number of hydrogen-bond donors (Lipinski definition) is 3. The van der Waals surface area contributed by atoms with Crippen LogP contribution >= 0.6 is 0 Å². The minimum absolute atomic E-state index is 0.252. The van der Waals surface area contributed by atoms with Crippen LogP contribution in [0, 0.1) is 5.92 Å². The summed E-state index contributed by atoms with van der Waals surface area (Å²) in [4.78, 5) is 4.25. The number of aliphatic hydroxyl groups excluding tert-OH is 1. The first-order chi connectivity index (χ1) is 8.26. The molecule has 0 aliphatic heterocycles. The van der Waals surface area contributed by atoms with Gasteiger partial charge in [0.2, 0.25) is 0 Å². The highest BCUT2D eigenvalue weighted by atomic mass is 16.3. The molecule has 17 heavy (non-hydrogen) atoms. The highest BCUT2D eigenvalue weighted by Gasteiger charge is 2.01. The molecular formula is C13H23N3O. The van der Waals surface area contributed by atoms with Crippen molar-refractivity contribution in [3.63, 3.8) is 0 Å². The van der Waals surface area contributed by atoms with Crippen LogP contribution in [0.1, 0.15) is 26.7 Å². The minimum Gasteiger partial charge on any atom is -0.396 e. The zero-order valence-corrected chi connectivity index (χ0v) is 10.7. The lowest BCUT2D eigenvalue weighted by Gasteiger charge is -2.13. The van der Waals surface area contributed by atoms with Gasteiger partial charge in [0.25, 0.3) is 0 Å². The molecule has 0 bridgehead atoms. The Morgan fingerprint density at radius 2 is 2.24 bits per heavy atom. The molecule has 4 heteroatoms. The molecule has 0 saturated heterocycles. The van der Waals surface area contributed by atoms with Crippen molar-refractivity contribution in [3.8, 4) is 0 Å². The van der Waals surface area contributed by atoms with E-state index in [4.69, 9.17) is 5.11 Å². The molecule has 0 fully saturated rings. The van der Waals surface area contributed by atoms with Crippen molar-refractivity contribution in [2.75, 3.05) is 30.3 Å². The number of aliphatic hydroxyl groups is 1. The number of pyridine rings is 1. The number of hydrogen-bond acceptors (Lipinski definition) is 4. The van der Waals surface area contributed by atoms with Gasteiger partial charge in [-0.15, -0.1) is 0 Å². The lowest BCUT2D eigenvalue weighted by molar-refractivity contribution is 0.266. The van der Waals surface area contributed by atoms with E-state index in [2.05, 4.69) is 29.5 Å². The summed E-state index contributed by atoms with van der Waals surface area (Å²) in [5.74, 6) is 1.38. The lowest BCUT2D eigenvalue weighted by Crippen LogP contribution is -2.13. The summed E-state index contributed by atoms with van der Waals surface area (Å²) in [6, 6.07) is 3.98. The van der Waals surface area contributed by atoms with E-state index in [0.29, 0.717) is 5.92 Å². The predicted molar refractivity (Wildman–Crippen MR) is 72.4 cm³/mol. The summed E-state index contributed by atoms with van der Waals surface area (Å²) in [6.45, 7) is 6.32. The molecule has 96 valence electrons. The van der Waals surface area contributed by atoms with Gasteiger partial charge in [-0.2, -0.15) is 0 Å². The summed E-state index contributed by atoms with van der Waals surface area (Å²) >= 11 is 0. The Kier molecular flexibility index (Phi) is 6.40. The molecule has 1 aromatic heterocycles. The van der Waals surface area contributed by atoms with Gasteiger partial charge in [-0.05, 0) is 24.8 Å². The molecule has 4 nitrogen and oxygen atoms in total. The molecule has 0 aromatic carbocycles. The largest absolute Gasteiger partial charge is 0.396 e. The second-order valence-electron chi connectivity index (χ2n) is 4.35. The second-order valence-corrected chi connectivity index (χ2v) is 4.35. The number of anilines is 2. The van der Waals surface area contributed by atoms with Crippen molar-refractivity contribution in [3.05, 3.63) is 18.3 Å². The molecule has 1 rings (SSSR count). The van der Waals surface area contributed by atoms with Crippen LogP contribution in [-0.4, -0.2) is 29.8 Å². The Balaban J connectivity index is 2.42. The van der Waals surface area contributed by atoms with Crippen LogP contribution in [0.15, 0.2) is 18.3 Å². The van der Waals surface area contributed by atoms with Crippen LogP contribution in [-0.2, 0) is 0 Å². The summed E-state index contributed by atoms with van der Waals surface area (Å²) in [5, 5.41) is 15.4. The van der Waals surface area contributed by atoms with Crippen LogP contribution in [0.3, 0.4) is 0 Å². The monoisotopic (exact) mass is 237 g/mol. The maximum atomic E-state index is 8.83. The fourth-order valence-corrected chi connectivity index (χ4v) is 1.50. The van der Waals surface area contributed by atoms with E-state index in [0.717, 1.165) is 37.4 Å². The van der Waals surface area contributed by atoms with E-state index in [9.17, 15) is 0 Å². The van der Waals surface area contributed by atoms with Crippen molar-refractivity contribution in [1.82, 2.24) is 4.98 Å². The highest BCUT2D eigenvalue weighted by molar-refractivity contribution is 5.51. The number of rotatable bonds is 8. The average molecular weight is 237 g/mol. The Morgan fingerprint density at radius 3 is 2.94 bits per heavy atom. The maximum absolute atomic E-state index is 8.83. The van der Waals surface area contributed by atoms with Gasteiger partial charge in [0.1, 0.15) is 5.82 Å². The van der Waals surface area contributed by atoms with Crippen LogP contribution < -0.4 is 10.6 Å². The van der Waals surface area contributed by atoms with Crippen molar-refractivity contribution < 1.29 is 5.11 Å². The number of aromatic nitrogens is 1. The van der Waals surface area contributed by atoms with E-state index in [-0.39, 0.29) is 6.61 Å². The molecule has 1 aromatic rings. The summed E-state index contributed by atoms with van der Waals surface area (Å²) < 4.78 is 0. The van der Waals surface area contributed by atoms with Crippen molar-refractivity contribution in [2.45, 2.75) is 26.7 Å². The van der Waals surface area contributed by atoms with Crippen molar-refractivity contribution in [2.24, 2.45) is 5.92 Å². The summed E-state index contributed by atoms with van der Waals surface area (Å²) in [5.41, 5.74) is 1.07. The smallest absolute Gasteiger partial charge is 0.127 e. The van der Waals surface area contributed by atoms with E-state index in [1.54, 1.807) is 6.20 Å². The SMILES string of the molecule is CCCNc1cc(NCC(C)CCO)ccn1. The summed E-state index contributed by atoms with van der Waals surface area (Å²) in [6.07, 6.45) is 3.73. The Bertz CT molecular complexity index is 317. The number of nitrogens with one attached hydrogen (secondary N) is 2. The van der Waals surface area contributed by atoms with Crippen molar-refractivity contribution >= 4 is 11.5 Å². The zero-order valence-electron chi connectivity index (χ0n) is 10.7. The molecule has 0 amide bonds. The Morgan fingerprint density at radius 1 is 1.41 bits per heavy atom. The van der Waals surface area contributed by atoms with Gasteiger partial charge in [-0.1, -0.05) is 13.8 Å². The van der Waals surface area contributed by atoms with E-state index in [1.165, 1.54) is 0 Å². The maximum Gasteiger partial charge on any atom is 0.127 e.